The van der Waals surface area contributed by atoms with Crippen LogP contribution in [0.2, 0.25) is 10.0 Å². The Morgan fingerprint density at radius 1 is 1.02 bits per heavy atom. The van der Waals surface area contributed by atoms with Crippen LogP contribution in [0.5, 0.6) is 0 Å². The van der Waals surface area contributed by atoms with E-state index in [-0.39, 0.29) is 33.1 Å². The van der Waals surface area contributed by atoms with E-state index in [1.165, 1.54) is 35.2 Å². The summed E-state index contributed by atoms with van der Waals surface area (Å²) in [4.78, 5) is 28.4. The number of hydrogen-bond acceptors (Lipinski definition) is 4. The van der Waals surface area contributed by atoms with Gasteiger partial charge in [0.15, 0.2) is 0 Å². The lowest BCUT2D eigenvalue weighted by Gasteiger charge is -2.32. The van der Waals surface area contributed by atoms with Crippen molar-refractivity contribution in [1.82, 2.24) is 10.2 Å². The monoisotopic (exact) mass is 667 g/mol. The number of rotatable bonds is 12. The Kier molecular flexibility index (Phi) is 11.5. The van der Waals surface area contributed by atoms with E-state index in [4.69, 9.17) is 23.2 Å². The molecule has 3 rings (SSSR count). The fourth-order valence-corrected chi connectivity index (χ4v) is 6.29. The number of benzene rings is 3. The summed E-state index contributed by atoms with van der Waals surface area (Å²) >= 11 is 16.1. The van der Waals surface area contributed by atoms with Gasteiger partial charge in [0.2, 0.25) is 11.8 Å². The van der Waals surface area contributed by atoms with Crippen molar-refractivity contribution in [2.45, 2.75) is 51.1 Å². The first kappa shape index (κ1) is 31.9. The van der Waals surface area contributed by atoms with Gasteiger partial charge in [-0.25, -0.2) is 8.42 Å². The standard InChI is InChI=1S/C29H32BrCl2N3O4S/c1-4-5-15-33-29(37)21(3)34(18-22-7-6-8-23(30)16-22)28(36)19-35(27-17-24(31)11-14-26(27)32)40(38,39)25-12-9-20(2)10-13-25/h6-14,16-17,21H,4-5,15,18-19H2,1-3H3,(H,33,37). The van der Waals surface area contributed by atoms with Gasteiger partial charge in [0.1, 0.15) is 12.6 Å². The molecule has 0 spiro atoms. The maximum atomic E-state index is 14.0. The van der Waals surface area contributed by atoms with Gasteiger partial charge in [0.25, 0.3) is 10.0 Å². The third-order valence-corrected chi connectivity index (χ3v) is 9.13. The lowest BCUT2D eigenvalue weighted by Crippen LogP contribution is -2.51. The Hall–Kier alpha value is -2.59. The number of nitrogens with zero attached hydrogens (tertiary/aromatic N) is 2. The van der Waals surface area contributed by atoms with Crippen LogP contribution in [-0.2, 0) is 26.2 Å². The normalized spacial score (nSPS) is 12.1. The molecule has 7 nitrogen and oxygen atoms in total. The molecule has 40 heavy (non-hydrogen) atoms. The molecular formula is C29H32BrCl2N3O4S. The second-order valence-electron chi connectivity index (χ2n) is 9.39. The van der Waals surface area contributed by atoms with Gasteiger partial charge in [0.05, 0.1) is 15.6 Å². The zero-order chi connectivity index (χ0) is 29.4. The summed E-state index contributed by atoms with van der Waals surface area (Å²) in [5.41, 5.74) is 1.71. The third kappa shape index (κ3) is 8.22. The van der Waals surface area contributed by atoms with Crippen molar-refractivity contribution >= 4 is 66.7 Å². The number of anilines is 1. The zero-order valence-electron chi connectivity index (χ0n) is 22.5. The molecule has 3 aromatic carbocycles. The molecule has 0 bridgehead atoms. The third-order valence-electron chi connectivity index (χ3n) is 6.30. The van der Waals surface area contributed by atoms with Crippen molar-refractivity contribution in [3.63, 3.8) is 0 Å². The van der Waals surface area contributed by atoms with Crippen LogP contribution in [0.3, 0.4) is 0 Å². The molecule has 0 aliphatic heterocycles. The minimum Gasteiger partial charge on any atom is -0.354 e. The molecule has 11 heteroatoms. The Labute approximate surface area is 254 Å². The Bertz CT molecular complexity index is 1450. The second-order valence-corrected chi connectivity index (χ2v) is 13.0. The van der Waals surface area contributed by atoms with Gasteiger partial charge in [-0.05, 0) is 68.3 Å². The fourth-order valence-electron chi connectivity index (χ4n) is 3.98. The van der Waals surface area contributed by atoms with Gasteiger partial charge in [-0.15, -0.1) is 0 Å². The van der Waals surface area contributed by atoms with Gasteiger partial charge in [-0.3, -0.25) is 13.9 Å². The van der Waals surface area contributed by atoms with Crippen LogP contribution in [0.4, 0.5) is 5.69 Å². The van der Waals surface area contributed by atoms with Gasteiger partial charge >= 0.3 is 0 Å². The number of carbonyl (C=O) groups excluding carboxylic acids is 2. The van der Waals surface area contributed by atoms with E-state index in [0.717, 1.165) is 32.7 Å². The number of amides is 2. The molecule has 214 valence electrons. The molecule has 0 radical (unpaired) electrons. The molecule has 1 N–H and O–H groups in total. The minimum absolute atomic E-state index is 0.00848. The summed E-state index contributed by atoms with van der Waals surface area (Å²) < 4.78 is 29.6. The van der Waals surface area contributed by atoms with Crippen molar-refractivity contribution in [1.29, 1.82) is 0 Å². The van der Waals surface area contributed by atoms with E-state index in [1.807, 2.05) is 38.1 Å². The highest BCUT2D eigenvalue weighted by Gasteiger charge is 2.33. The highest BCUT2D eigenvalue weighted by atomic mass is 79.9. The molecule has 0 aliphatic carbocycles. The molecule has 0 saturated carbocycles. The van der Waals surface area contributed by atoms with Gasteiger partial charge in [-0.1, -0.05) is 82.3 Å². The molecule has 0 aromatic heterocycles. The van der Waals surface area contributed by atoms with Crippen molar-refractivity contribution in [3.8, 4) is 0 Å². The van der Waals surface area contributed by atoms with Crippen LogP contribution in [0, 0.1) is 6.92 Å². The van der Waals surface area contributed by atoms with Crippen LogP contribution < -0.4 is 9.62 Å². The molecular weight excluding hydrogens is 637 g/mol. The van der Waals surface area contributed by atoms with E-state index in [2.05, 4.69) is 21.2 Å². The molecule has 0 saturated heterocycles. The minimum atomic E-state index is -4.25. The van der Waals surface area contributed by atoms with E-state index >= 15 is 0 Å². The average Bonchev–Trinajstić information content (AvgIpc) is 2.91. The summed E-state index contributed by atoms with van der Waals surface area (Å²) in [5.74, 6) is -0.907. The Morgan fingerprint density at radius 3 is 2.38 bits per heavy atom. The van der Waals surface area contributed by atoms with Crippen LogP contribution in [0.1, 0.15) is 37.8 Å². The zero-order valence-corrected chi connectivity index (χ0v) is 26.4. The molecule has 2 amide bonds. The number of sulfonamides is 1. The maximum Gasteiger partial charge on any atom is 0.264 e. The number of unbranched alkanes of at least 4 members (excludes halogenated alkanes) is 1. The number of nitrogens with one attached hydrogen (secondary N) is 1. The summed E-state index contributed by atoms with van der Waals surface area (Å²) in [5, 5.41) is 3.23. The predicted octanol–water partition coefficient (Wildman–Crippen LogP) is 6.59. The first-order valence-corrected chi connectivity index (χ1v) is 15.8. The molecule has 1 unspecified atom stereocenters. The number of halogens is 3. The van der Waals surface area contributed by atoms with Crippen molar-refractivity contribution in [3.05, 3.63) is 92.4 Å². The lowest BCUT2D eigenvalue weighted by molar-refractivity contribution is -0.139. The number of carbonyl (C=O) groups is 2. The van der Waals surface area contributed by atoms with E-state index < -0.39 is 28.5 Å². The largest absolute Gasteiger partial charge is 0.354 e. The number of hydrogen-bond donors (Lipinski definition) is 1. The SMILES string of the molecule is CCCCNC(=O)C(C)N(Cc1cccc(Br)c1)C(=O)CN(c1cc(Cl)ccc1Cl)S(=O)(=O)c1ccc(C)cc1. The maximum absolute atomic E-state index is 14.0. The van der Waals surface area contributed by atoms with E-state index in [9.17, 15) is 18.0 Å². The molecule has 0 heterocycles. The van der Waals surface area contributed by atoms with E-state index in [1.54, 1.807) is 19.1 Å². The first-order chi connectivity index (χ1) is 18.9. The number of aryl methyl sites for hydroxylation is 1. The fraction of sp³-hybridized carbons (Fsp3) is 0.310. The smallest absolute Gasteiger partial charge is 0.264 e. The highest BCUT2D eigenvalue weighted by Crippen LogP contribution is 2.33. The van der Waals surface area contributed by atoms with Gasteiger partial charge < -0.3 is 10.2 Å². The van der Waals surface area contributed by atoms with Crippen LogP contribution in [0.15, 0.2) is 76.1 Å². The van der Waals surface area contributed by atoms with Gasteiger partial charge in [-0.2, -0.15) is 0 Å². The Balaban J connectivity index is 2.04. The van der Waals surface area contributed by atoms with Crippen LogP contribution in [0.25, 0.3) is 0 Å². The summed E-state index contributed by atoms with van der Waals surface area (Å²) in [6.07, 6.45) is 1.70. The quantitative estimate of drug-likeness (QED) is 0.221. The summed E-state index contributed by atoms with van der Waals surface area (Å²) in [6, 6.07) is 17.2. The van der Waals surface area contributed by atoms with E-state index in [0.29, 0.717) is 6.54 Å². The average molecular weight is 669 g/mol. The first-order valence-electron chi connectivity index (χ1n) is 12.8. The van der Waals surface area contributed by atoms with Crippen molar-refractivity contribution < 1.29 is 18.0 Å². The second kappa shape index (κ2) is 14.3. The van der Waals surface area contributed by atoms with Crippen molar-refractivity contribution in [2.75, 3.05) is 17.4 Å². The lowest BCUT2D eigenvalue weighted by atomic mass is 10.1. The van der Waals surface area contributed by atoms with Crippen molar-refractivity contribution in [2.24, 2.45) is 0 Å². The molecule has 0 fully saturated rings. The summed E-state index contributed by atoms with van der Waals surface area (Å²) in [7, 11) is -4.25. The predicted molar refractivity (Wildman–Crippen MR) is 164 cm³/mol. The summed E-state index contributed by atoms with van der Waals surface area (Å²) in [6.45, 7) is 5.45. The molecule has 3 aromatic rings. The van der Waals surface area contributed by atoms with Gasteiger partial charge in [0, 0.05) is 22.6 Å². The molecule has 1 atom stereocenters. The highest BCUT2D eigenvalue weighted by molar-refractivity contribution is 9.10. The Morgan fingerprint density at radius 2 is 1.73 bits per heavy atom. The topological polar surface area (TPSA) is 86.8 Å². The molecule has 0 aliphatic rings. The van der Waals surface area contributed by atoms with Crippen LogP contribution >= 0.6 is 39.1 Å². The van der Waals surface area contributed by atoms with Crippen LogP contribution in [-0.4, -0.2) is 44.3 Å².